The number of carbonyl (C=O) groups excluding carboxylic acids is 1. The molecule has 0 saturated heterocycles. The molecule has 138 valence electrons. The van der Waals surface area contributed by atoms with Crippen molar-refractivity contribution in [2.75, 3.05) is 7.11 Å². The highest BCUT2D eigenvalue weighted by molar-refractivity contribution is 6.07. The van der Waals surface area contributed by atoms with Gasteiger partial charge in [-0.05, 0) is 54.1 Å². The molecule has 0 unspecified atom stereocenters. The van der Waals surface area contributed by atoms with E-state index in [2.05, 4.69) is 9.97 Å². The molecule has 0 aliphatic carbocycles. The largest absolute Gasteiger partial charge is 0.497 e. The Labute approximate surface area is 161 Å². The summed E-state index contributed by atoms with van der Waals surface area (Å²) in [6, 6.07) is 17.5. The number of benzene rings is 2. The number of hydrogen-bond donors (Lipinski definition) is 0. The Morgan fingerprint density at radius 2 is 1.86 bits per heavy atom. The third-order valence-corrected chi connectivity index (χ3v) is 4.38. The van der Waals surface area contributed by atoms with E-state index < -0.39 is 5.95 Å². The second kappa shape index (κ2) is 7.44. The summed E-state index contributed by atoms with van der Waals surface area (Å²) in [4.78, 5) is 20.6. The van der Waals surface area contributed by atoms with Crippen LogP contribution in [0.1, 0.15) is 16.1 Å². The number of aromatic nitrogens is 3. The summed E-state index contributed by atoms with van der Waals surface area (Å²) >= 11 is 0. The van der Waals surface area contributed by atoms with E-state index in [1.807, 2.05) is 24.3 Å². The summed E-state index contributed by atoms with van der Waals surface area (Å²) in [5, 5.41) is 0. The molecule has 2 aromatic carbocycles. The lowest BCUT2D eigenvalue weighted by Crippen LogP contribution is -2.01. The van der Waals surface area contributed by atoms with Gasteiger partial charge in [0.15, 0.2) is 0 Å². The molecule has 4 aromatic rings. The summed E-state index contributed by atoms with van der Waals surface area (Å²) in [5.41, 5.74) is 2.72. The lowest BCUT2D eigenvalue weighted by Gasteiger charge is -2.06. The Morgan fingerprint density at radius 1 is 1.04 bits per heavy atom. The van der Waals surface area contributed by atoms with E-state index in [9.17, 15) is 9.18 Å². The predicted molar refractivity (Wildman–Crippen MR) is 103 cm³/mol. The van der Waals surface area contributed by atoms with Crippen molar-refractivity contribution in [1.29, 1.82) is 0 Å². The molecule has 0 amide bonds. The van der Waals surface area contributed by atoms with Gasteiger partial charge in [-0.2, -0.15) is 4.39 Å². The highest BCUT2D eigenvalue weighted by Crippen LogP contribution is 2.24. The van der Waals surface area contributed by atoms with Gasteiger partial charge in [-0.1, -0.05) is 12.1 Å². The highest BCUT2D eigenvalue weighted by Gasteiger charge is 2.13. The Kier molecular flexibility index (Phi) is 4.68. The zero-order valence-corrected chi connectivity index (χ0v) is 15.0. The van der Waals surface area contributed by atoms with Crippen LogP contribution in [0.5, 0.6) is 5.75 Å². The van der Waals surface area contributed by atoms with Crippen molar-refractivity contribution in [2.24, 2.45) is 0 Å². The molecule has 0 N–H and O–H groups in total. The van der Waals surface area contributed by atoms with Crippen molar-refractivity contribution in [3.8, 4) is 22.6 Å². The lowest BCUT2D eigenvalue weighted by atomic mass is 10.1. The van der Waals surface area contributed by atoms with Crippen molar-refractivity contribution >= 4 is 5.78 Å². The van der Waals surface area contributed by atoms with Crippen LogP contribution in [0.2, 0.25) is 0 Å². The quantitative estimate of drug-likeness (QED) is 0.386. The summed E-state index contributed by atoms with van der Waals surface area (Å²) in [5.74, 6) is -0.0296. The minimum Gasteiger partial charge on any atom is -0.497 e. The van der Waals surface area contributed by atoms with E-state index in [0.29, 0.717) is 28.1 Å². The molecule has 0 aliphatic rings. The Balaban J connectivity index is 1.63. The third kappa shape index (κ3) is 3.40. The van der Waals surface area contributed by atoms with Gasteiger partial charge in [0.05, 0.1) is 7.11 Å². The topological polar surface area (TPSA) is 57.0 Å². The van der Waals surface area contributed by atoms with Crippen LogP contribution in [-0.4, -0.2) is 27.4 Å². The van der Waals surface area contributed by atoms with Gasteiger partial charge in [0.1, 0.15) is 17.8 Å². The average molecular weight is 373 g/mol. The number of ether oxygens (including phenoxy) is 1. The number of pyridine rings is 1. The zero-order chi connectivity index (χ0) is 19.5. The van der Waals surface area contributed by atoms with Gasteiger partial charge in [0.2, 0.25) is 11.7 Å². The second-order valence-corrected chi connectivity index (χ2v) is 6.12. The van der Waals surface area contributed by atoms with Gasteiger partial charge in [-0.15, -0.1) is 0 Å². The molecule has 0 aliphatic heterocycles. The molecular formula is C22H16FN3O2. The fourth-order valence-corrected chi connectivity index (χ4v) is 2.91. The van der Waals surface area contributed by atoms with E-state index in [1.165, 1.54) is 6.20 Å². The van der Waals surface area contributed by atoms with Crippen molar-refractivity contribution in [3.05, 3.63) is 96.6 Å². The molecule has 28 heavy (non-hydrogen) atoms. The fraction of sp³-hybridized carbons (Fsp3) is 0.0455. The van der Waals surface area contributed by atoms with E-state index in [1.54, 1.807) is 60.6 Å². The molecule has 5 nitrogen and oxygen atoms in total. The molecule has 0 fully saturated rings. The number of ketones is 1. The fourth-order valence-electron chi connectivity index (χ4n) is 2.91. The van der Waals surface area contributed by atoms with Crippen molar-refractivity contribution in [1.82, 2.24) is 14.5 Å². The van der Waals surface area contributed by atoms with Crippen LogP contribution in [-0.2, 0) is 0 Å². The van der Waals surface area contributed by atoms with Crippen LogP contribution in [0.25, 0.3) is 16.8 Å². The Morgan fingerprint density at radius 3 is 2.61 bits per heavy atom. The van der Waals surface area contributed by atoms with Crippen molar-refractivity contribution in [2.45, 2.75) is 0 Å². The van der Waals surface area contributed by atoms with Crippen LogP contribution in [0.15, 0.2) is 79.4 Å². The van der Waals surface area contributed by atoms with E-state index in [0.717, 1.165) is 5.69 Å². The summed E-state index contributed by atoms with van der Waals surface area (Å²) in [7, 11) is 1.57. The average Bonchev–Trinajstić information content (AvgIpc) is 3.24. The minimum absolute atomic E-state index is 0.184. The molecule has 0 atom stereocenters. The zero-order valence-electron chi connectivity index (χ0n) is 15.0. The molecule has 0 saturated carbocycles. The molecule has 0 spiro atoms. The molecule has 0 radical (unpaired) electrons. The molecule has 2 aromatic heterocycles. The van der Waals surface area contributed by atoms with Crippen LogP contribution in [0, 0.1) is 5.95 Å². The Hall–Kier alpha value is -3.80. The second-order valence-electron chi connectivity index (χ2n) is 6.12. The van der Waals surface area contributed by atoms with Gasteiger partial charge in [-0.3, -0.25) is 4.79 Å². The molecule has 0 bridgehead atoms. The minimum atomic E-state index is -0.527. The van der Waals surface area contributed by atoms with E-state index in [-0.39, 0.29) is 5.78 Å². The highest BCUT2D eigenvalue weighted by atomic mass is 19.1. The molecule has 4 rings (SSSR count). The van der Waals surface area contributed by atoms with Crippen LogP contribution >= 0.6 is 0 Å². The molecule has 2 heterocycles. The smallest absolute Gasteiger partial charge is 0.220 e. The summed E-state index contributed by atoms with van der Waals surface area (Å²) < 4.78 is 20.8. The first-order valence-electron chi connectivity index (χ1n) is 8.60. The first-order chi connectivity index (χ1) is 13.7. The van der Waals surface area contributed by atoms with E-state index >= 15 is 0 Å². The van der Waals surface area contributed by atoms with Crippen molar-refractivity contribution < 1.29 is 13.9 Å². The standard InChI is InChI=1S/C22H16FN3O2/c1-28-18-9-7-15(8-10-18)21(27)20-13-26(14-25-20)17-5-2-4-16(12-17)19-6-3-11-24-22(19)23/h2-14H,1H3. The first kappa shape index (κ1) is 17.6. The van der Waals surface area contributed by atoms with E-state index in [4.69, 9.17) is 4.74 Å². The van der Waals surface area contributed by atoms with Gasteiger partial charge in [0.25, 0.3) is 0 Å². The van der Waals surface area contributed by atoms with Gasteiger partial charge in [0, 0.05) is 29.2 Å². The normalized spacial score (nSPS) is 10.6. The number of imidazole rings is 1. The van der Waals surface area contributed by atoms with Gasteiger partial charge in [-0.25, -0.2) is 9.97 Å². The molecule has 6 heteroatoms. The summed E-state index contributed by atoms with van der Waals surface area (Å²) in [6.45, 7) is 0. The SMILES string of the molecule is COc1ccc(C(=O)c2cn(-c3cccc(-c4cccnc4F)c3)cn2)cc1. The number of nitrogens with zero attached hydrogens (tertiary/aromatic N) is 3. The number of carbonyl (C=O) groups is 1. The maximum Gasteiger partial charge on any atom is 0.220 e. The molecular weight excluding hydrogens is 357 g/mol. The number of rotatable bonds is 5. The number of hydrogen-bond acceptors (Lipinski definition) is 4. The predicted octanol–water partition coefficient (Wildman–Crippen LogP) is 4.31. The van der Waals surface area contributed by atoms with Gasteiger partial charge < -0.3 is 9.30 Å². The number of halogens is 1. The van der Waals surface area contributed by atoms with Crippen LogP contribution < -0.4 is 4.74 Å². The third-order valence-electron chi connectivity index (χ3n) is 4.38. The number of methoxy groups -OCH3 is 1. The van der Waals surface area contributed by atoms with Crippen LogP contribution in [0.3, 0.4) is 0 Å². The Bertz CT molecular complexity index is 1140. The lowest BCUT2D eigenvalue weighted by molar-refractivity contribution is 0.103. The summed E-state index contributed by atoms with van der Waals surface area (Å²) in [6.07, 6.45) is 4.64. The van der Waals surface area contributed by atoms with Crippen molar-refractivity contribution in [3.63, 3.8) is 0 Å². The van der Waals surface area contributed by atoms with Crippen LogP contribution in [0.4, 0.5) is 4.39 Å². The monoisotopic (exact) mass is 373 g/mol. The maximum atomic E-state index is 14.0. The maximum absolute atomic E-state index is 14.0. The first-order valence-corrected chi connectivity index (χ1v) is 8.60. The van der Waals surface area contributed by atoms with Gasteiger partial charge >= 0.3 is 0 Å².